The van der Waals surface area contributed by atoms with Crippen molar-refractivity contribution in [2.45, 2.75) is 25.4 Å². The number of aromatic nitrogens is 2. The van der Waals surface area contributed by atoms with Crippen molar-refractivity contribution < 1.29 is 17.6 Å². The van der Waals surface area contributed by atoms with Gasteiger partial charge in [0.1, 0.15) is 5.01 Å². The highest BCUT2D eigenvalue weighted by molar-refractivity contribution is 7.89. The second kappa shape index (κ2) is 6.55. The number of hydrogen-bond acceptors (Lipinski definition) is 7. The number of furan rings is 1. The Labute approximate surface area is 132 Å². The van der Waals surface area contributed by atoms with Gasteiger partial charge in [0.2, 0.25) is 10.2 Å². The fourth-order valence-corrected chi connectivity index (χ4v) is 3.18. The molecule has 2 heterocycles. The summed E-state index contributed by atoms with van der Waals surface area (Å²) in [6, 6.07) is 2.50. The van der Waals surface area contributed by atoms with Gasteiger partial charge in [-0.2, -0.15) is 0 Å². The Morgan fingerprint density at radius 1 is 1.36 bits per heavy atom. The molecule has 0 unspecified atom stereocenters. The second-order valence-corrected chi connectivity index (χ2v) is 7.76. The lowest BCUT2D eigenvalue weighted by molar-refractivity contribution is 0.0991. The van der Waals surface area contributed by atoms with E-state index in [0.29, 0.717) is 11.0 Å². The molecule has 0 bridgehead atoms. The van der Waals surface area contributed by atoms with Gasteiger partial charge >= 0.3 is 0 Å². The summed E-state index contributed by atoms with van der Waals surface area (Å²) in [5, 5.41) is 11.2. The highest BCUT2D eigenvalue weighted by atomic mass is 32.2. The summed E-state index contributed by atoms with van der Waals surface area (Å²) in [5.74, 6) is -0.255. The van der Waals surface area contributed by atoms with Gasteiger partial charge < -0.3 is 4.42 Å². The summed E-state index contributed by atoms with van der Waals surface area (Å²) in [7, 11) is -2.46. The van der Waals surface area contributed by atoms with Crippen molar-refractivity contribution >= 4 is 32.4 Å². The smallest absolute Gasteiger partial charge is 0.293 e. The van der Waals surface area contributed by atoms with Gasteiger partial charge in [0.05, 0.1) is 0 Å². The van der Waals surface area contributed by atoms with E-state index in [1.807, 2.05) is 0 Å². The van der Waals surface area contributed by atoms with Crippen LogP contribution in [0.5, 0.6) is 0 Å². The zero-order chi connectivity index (χ0) is 16.3. The van der Waals surface area contributed by atoms with E-state index in [1.165, 1.54) is 30.5 Å². The lowest BCUT2D eigenvalue weighted by Crippen LogP contribution is -2.18. The van der Waals surface area contributed by atoms with E-state index in [9.17, 15) is 13.2 Å². The Balaban J connectivity index is 2.08. The minimum absolute atomic E-state index is 0.116. The molecule has 0 aliphatic heterocycles. The number of carbonyl (C=O) groups excluding carboxylic acids is 1. The highest BCUT2D eigenvalue weighted by Crippen LogP contribution is 2.20. The predicted molar refractivity (Wildman–Crippen MR) is 81.4 cm³/mol. The maximum Gasteiger partial charge on any atom is 0.293 e. The molecule has 22 heavy (non-hydrogen) atoms. The lowest BCUT2D eigenvalue weighted by atomic mass is 10.1. The van der Waals surface area contributed by atoms with Gasteiger partial charge in [-0.3, -0.25) is 10.1 Å². The maximum absolute atomic E-state index is 12.0. The zero-order valence-electron chi connectivity index (χ0n) is 12.3. The van der Waals surface area contributed by atoms with Gasteiger partial charge in [-0.15, -0.1) is 10.2 Å². The third-order valence-corrected chi connectivity index (χ3v) is 4.76. The number of nitrogens with zero attached hydrogens (tertiary/aromatic N) is 2. The molecule has 0 aromatic carbocycles. The standard InChI is InChI=1S/C12H16N4O4S2/c1-7(2)6-9-15-16-12(21-9)14-11(17)8-4-5-10(20-8)22(18,19)13-3/h4-5,7,13H,6H2,1-3H3,(H,14,16,17). The second-order valence-electron chi connectivity index (χ2n) is 4.88. The number of carbonyl (C=O) groups is 1. The van der Waals surface area contributed by atoms with E-state index < -0.39 is 15.9 Å². The molecular formula is C12H16N4O4S2. The molecule has 2 N–H and O–H groups in total. The van der Waals surface area contributed by atoms with E-state index in [2.05, 4.69) is 34.1 Å². The van der Waals surface area contributed by atoms with Crippen LogP contribution in [0.4, 0.5) is 5.13 Å². The quantitative estimate of drug-likeness (QED) is 0.820. The molecule has 120 valence electrons. The molecule has 0 aliphatic rings. The SMILES string of the molecule is CNS(=O)(=O)c1ccc(C(=O)Nc2nnc(CC(C)C)s2)o1. The minimum Gasteiger partial charge on any atom is -0.438 e. The average molecular weight is 344 g/mol. The molecule has 2 aromatic rings. The van der Waals surface area contributed by atoms with Crippen LogP contribution < -0.4 is 10.0 Å². The van der Waals surface area contributed by atoms with Gasteiger partial charge in [-0.05, 0) is 25.1 Å². The van der Waals surface area contributed by atoms with Gasteiger partial charge in [-0.25, -0.2) is 13.1 Å². The molecule has 2 aromatic heterocycles. The number of sulfonamides is 1. The van der Waals surface area contributed by atoms with Gasteiger partial charge in [0, 0.05) is 6.42 Å². The monoisotopic (exact) mass is 344 g/mol. The molecular weight excluding hydrogens is 328 g/mol. The van der Waals surface area contributed by atoms with Gasteiger partial charge in [0.25, 0.3) is 15.9 Å². The van der Waals surface area contributed by atoms with Crippen LogP contribution in [-0.2, 0) is 16.4 Å². The molecule has 2 rings (SSSR count). The molecule has 0 aliphatic carbocycles. The Morgan fingerprint density at radius 3 is 2.73 bits per heavy atom. The number of amides is 1. The maximum atomic E-state index is 12.0. The number of anilines is 1. The summed E-state index contributed by atoms with van der Waals surface area (Å²) in [4.78, 5) is 12.0. The predicted octanol–water partition coefficient (Wildman–Crippen LogP) is 1.49. The molecule has 10 heteroatoms. The van der Waals surface area contributed by atoms with Crippen LogP contribution in [-0.4, -0.2) is 31.6 Å². The van der Waals surface area contributed by atoms with Crippen LogP contribution in [0, 0.1) is 5.92 Å². The highest BCUT2D eigenvalue weighted by Gasteiger charge is 2.20. The normalized spacial score (nSPS) is 11.8. The summed E-state index contributed by atoms with van der Waals surface area (Å²) >= 11 is 1.27. The number of rotatable bonds is 6. The van der Waals surface area contributed by atoms with Crippen LogP contribution >= 0.6 is 11.3 Å². The van der Waals surface area contributed by atoms with Crippen LogP contribution in [0.25, 0.3) is 0 Å². The van der Waals surface area contributed by atoms with Crippen LogP contribution in [0.2, 0.25) is 0 Å². The zero-order valence-corrected chi connectivity index (χ0v) is 13.9. The molecule has 8 nitrogen and oxygen atoms in total. The van der Waals surface area contributed by atoms with Crippen molar-refractivity contribution in [1.29, 1.82) is 0 Å². The Kier molecular flexibility index (Phi) is 4.94. The molecule has 0 saturated heterocycles. The molecule has 1 amide bonds. The first kappa shape index (κ1) is 16.6. The van der Waals surface area contributed by atoms with E-state index in [4.69, 9.17) is 4.42 Å². The fourth-order valence-electron chi connectivity index (χ4n) is 1.58. The van der Waals surface area contributed by atoms with Gasteiger partial charge in [-0.1, -0.05) is 25.2 Å². The molecule has 0 atom stereocenters. The van der Waals surface area contributed by atoms with E-state index in [0.717, 1.165) is 11.4 Å². The third kappa shape index (κ3) is 3.90. The van der Waals surface area contributed by atoms with Crippen molar-refractivity contribution in [3.63, 3.8) is 0 Å². The minimum atomic E-state index is -3.72. The van der Waals surface area contributed by atoms with Crippen molar-refractivity contribution in [3.05, 3.63) is 22.9 Å². The van der Waals surface area contributed by atoms with E-state index in [1.54, 1.807) is 0 Å². The molecule has 0 radical (unpaired) electrons. The first-order valence-electron chi connectivity index (χ1n) is 6.49. The third-order valence-electron chi connectivity index (χ3n) is 2.61. The van der Waals surface area contributed by atoms with Crippen LogP contribution in [0.3, 0.4) is 0 Å². The number of hydrogen-bond donors (Lipinski definition) is 2. The fraction of sp³-hybridized carbons (Fsp3) is 0.417. The van der Waals surface area contributed by atoms with E-state index >= 15 is 0 Å². The topological polar surface area (TPSA) is 114 Å². The van der Waals surface area contributed by atoms with Gasteiger partial charge in [0.15, 0.2) is 5.76 Å². The number of nitrogens with one attached hydrogen (secondary N) is 2. The van der Waals surface area contributed by atoms with Crippen molar-refractivity contribution in [3.8, 4) is 0 Å². The summed E-state index contributed by atoms with van der Waals surface area (Å²) < 4.78 is 30.2. The van der Waals surface area contributed by atoms with Crippen LogP contribution in [0.15, 0.2) is 21.6 Å². The molecule has 0 saturated carbocycles. The summed E-state index contributed by atoms with van der Waals surface area (Å²) in [6.07, 6.45) is 0.777. The summed E-state index contributed by atoms with van der Waals surface area (Å²) in [5.41, 5.74) is 0. The Morgan fingerprint density at radius 2 is 2.09 bits per heavy atom. The first-order chi connectivity index (χ1) is 10.3. The Bertz CT molecular complexity index is 764. The Hall–Kier alpha value is -1.78. The van der Waals surface area contributed by atoms with Crippen molar-refractivity contribution in [2.24, 2.45) is 5.92 Å². The summed E-state index contributed by atoms with van der Waals surface area (Å²) in [6.45, 7) is 4.12. The van der Waals surface area contributed by atoms with Crippen molar-refractivity contribution in [1.82, 2.24) is 14.9 Å². The lowest BCUT2D eigenvalue weighted by Gasteiger charge is -1.99. The van der Waals surface area contributed by atoms with Crippen LogP contribution in [0.1, 0.15) is 29.4 Å². The first-order valence-corrected chi connectivity index (χ1v) is 8.79. The molecule has 0 fully saturated rings. The van der Waals surface area contributed by atoms with E-state index in [-0.39, 0.29) is 10.9 Å². The van der Waals surface area contributed by atoms with Crippen molar-refractivity contribution in [2.75, 3.05) is 12.4 Å². The molecule has 0 spiro atoms. The average Bonchev–Trinajstić information content (AvgIpc) is 3.07. The largest absolute Gasteiger partial charge is 0.438 e.